The van der Waals surface area contributed by atoms with Crippen molar-refractivity contribution in [3.05, 3.63) is 0 Å². The van der Waals surface area contributed by atoms with E-state index in [9.17, 15) is 19.4 Å². The van der Waals surface area contributed by atoms with Gasteiger partial charge in [-0.25, -0.2) is 4.57 Å². The summed E-state index contributed by atoms with van der Waals surface area (Å²) in [5.74, 6) is -0.159. The number of phosphoric acid groups is 1. The average Bonchev–Trinajstić information content (AvgIpc) is 3.07. The number of aliphatic hydroxyl groups is 1. The number of amides is 1. The molecule has 0 saturated carbocycles. The Kier molecular flexibility index (Phi) is 35.9. The van der Waals surface area contributed by atoms with Crippen LogP contribution < -0.4 is 11.1 Å². The molecule has 0 bridgehead atoms. The molecule has 0 spiro atoms. The molecule has 1 unspecified atom stereocenters. The van der Waals surface area contributed by atoms with E-state index < -0.39 is 20.0 Å². The number of carbonyl (C=O) groups is 1. The van der Waals surface area contributed by atoms with Gasteiger partial charge in [-0.1, -0.05) is 194 Å². The molecule has 5 N–H and O–H groups in total. The van der Waals surface area contributed by atoms with Gasteiger partial charge in [0.2, 0.25) is 5.91 Å². The molecule has 9 heteroatoms. The fraction of sp³-hybridized carbons (Fsp3) is 0.974. The second-order valence-corrected chi connectivity index (χ2v) is 15.7. The van der Waals surface area contributed by atoms with Crippen LogP contribution in [-0.2, 0) is 18.4 Å². The van der Waals surface area contributed by atoms with Crippen molar-refractivity contribution in [2.24, 2.45) is 5.73 Å². The molecule has 288 valence electrons. The SMILES string of the molecule is CCCCCCCCCCCCCCCCCCCCCC(=O)N[C@@H](COP(=O)(O)OCCN)[C@H](O)CCCCCCCCCCCC. The lowest BCUT2D eigenvalue weighted by molar-refractivity contribution is -0.123. The topological polar surface area (TPSA) is 131 Å². The summed E-state index contributed by atoms with van der Waals surface area (Å²) in [6.07, 6.45) is 36.8. The lowest BCUT2D eigenvalue weighted by Crippen LogP contribution is -2.46. The highest BCUT2D eigenvalue weighted by molar-refractivity contribution is 7.47. The highest BCUT2D eigenvalue weighted by atomic mass is 31.2. The number of nitrogens with one attached hydrogen (secondary N) is 1. The Balaban J connectivity index is 4.07. The largest absolute Gasteiger partial charge is 0.472 e. The number of nitrogens with two attached hydrogens (primary N) is 1. The molecule has 0 aromatic rings. The van der Waals surface area contributed by atoms with Crippen molar-refractivity contribution < 1.29 is 28.4 Å². The first-order valence-electron chi connectivity index (χ1n) is 20.7. The number of carbonyl (C=O) groups excluding carboxylic acids is 1. The molecule has 0 aliphatic carbocycles. The van der Waals surface area contributed by atoms with E-state index in [0.717, 1.165) is 38.5 Å². The van der Waals surface area contributed by atoms with Crippen LogP contribution in [0.15, 0.2) is 0 Å². The number of aliphatic hydroxyl groups excluding tert-OH is 1. The molecule has 0 heterocycles. The maximum absolute atomic E-state index is 12.7. The lowest BCUT2D eigenvalue weighted by atomic mass is 10.0. The number of unbranched alkanes of at least 4 members (excludes halogenated alkanes) is 27. The summed E-state index contributed by atoms with van der Waals surface area (Å²) in [6.45, 7) is 4.21. The molecule has 0 aromatic carbocycles. The molecular weight excluding hydrogens is 623 g/mol. The van der Waals surface area contributed by atoms with E-state index in [4.69, 9.17) is 14.8 Å². The molecule has 0 fully saturated rings. The first kappa shape index (κ1) is 47.5. The molecule has 0 aliphatic rings. The van der Waals surface area contributed by atoms with Gasteiger partial charge in [-0.15, -0.1) is 0 Å². The summed E-state index contributed by atoms with van der Waals surface area (Å²) in [5, 5.41) is 13.7. The summed E-state index contributed by atoms with van der Waals surface area (Å²) >= 11 is 0. The Bertz CT molecular complexity index is 729. The standard InChI is InChI=1S/C39H81N2O6P/c1-3-5-7-9-11-13-15-16-17-18-19-20-21-22-23-25-27-29-31-33-39(43)41-37(36-47-48(44,45)46-35-34-40)38(42)32-30-28-26-24-14-12-10-8-6-4-2/h37-38,42H,3-36,40H2,1-2H3,(H,41,43)(H,44,45)/t37-,38+/m0/s1. The summed E-state index contributed by atoms with van der Waals surface area (Å²) in [6, 6.07) is -0.765. The second kappa shape index (κ2) is 36.3. The average molecular weight is 705 g/mol. The van der Waals surface area contributed by atoms with Gasteiger partial charge in [0.15, 0.2) is 0 Å². The van der Waals surface area contributed by atoms with Crippen molar-refractivity contribution in [3.63, 3.8) is 0 Å². The van der Waals surface area contributed by atoms with Crippen molar-refractivity contribution in [3.8, 4) is 0 Å². The third kappa shape index (κ3) is 34.0. The van der Waals surface area contributed by atoms with Crippen LogP contribution in [0.25, 0.3) is 0 Å². The molecule has 0 saturated heterocycles. The van der Waals surface area contributed by atoms with E-state index in [2.05, 4.69) is 19.2 Å². The summed E-state index contributed by atoms with van der Waals surface area (Å²) in [7, 11) is -4.30. The third-order valence-electron chi connectivity index (χ3n) is 9.46. The van der Waals surface area contributed by atoms with Crippen LogP contribution in [0.3, 0.4) is 0 Å². The summed E-state index contributed by atoms with van der Waals surface area (Å²) < 4.78 is 22.1. The van der Waals surface area contributed by atoms with Gasteiger partial charge < -0.3 is 21.1 Å². The van der Waals surface area contributed by atoms with Gasteiger partial charge in [-0.3, -0.25) is 13.8 Å². The molecule has 0 aliphatic heterocycles. The second-order valence-electron chi connectivity index (χ2n) is 14.2. The smallest absolute Gasteiger partial charge is 0.391 e. The van der Waals surface area contributed by atoms with Crippen molar-refractivity contribution in [2.75, 3.05) is 19.8 Å². The molecule has 0 aromatic heterocycles. The van der Waals surface area contributed by atoms with Crippen molar-refractivity contribution in [1.82, 2.24) is 5.32 Å². The minimum Gasteiger partial charge on any atom is -0.391 e. The van der Waals surface area contributed by atoms with E-state index >= 15 is 0 Å². The van der Waals surface area contributed by atoms with Crippen molar-refractivity contribution >= 4 is 13.7 Å². The highest BCUT2D eigenvalue weighted by Gasteiger charge is 2.27. The molecule has 0 rings (SSSR count). The maximum atomic E-state index is 12.7. The van der Waals surface area contributed by atoms with E-state index in [1.807, 2.05) is 0 Å². The molecule has 8 nitrogen and oxygen atoms in total. The molecule has 0 radical (unpaired) electrons. The Morgan fingerprint density at radius 1 is 0.604 bits per heavy atom. The fourth-order valence-corrected chi connectivity index (χ4v) is 7.07. The minimum absolute atomic E-state index is 0.0921. The van der Waals surface area contributed by atoms with Crippen LogP contribution in [0.5, 0.6) is 0 Å². The van der Waals surface area contributed by atoms with Crippen molar-refractivity contribution in [1.29, 1.82) is 0 Å². The first-order valence-corrected chi connectivity index (χ1v) is 22.1. The minimum atomic E-state index is -4.30. The Labute approximate surface area is 297 Å². The third-order valence-corrected chi connectivity index (χ3v) is 10.4. The zero-order valence-corrected chi connectivity index (χ0v) is 32.6. The summed E-state index contributed by atoms with van der Waals surface area (Å²) in [5.41, 5.74) is 5.36. The Morgan fingerprint density at radius 3 is 1.33 bits per heavy atom. The normalized spacial score (nSPS) is 14.2. The van der Waals surface area contributed by atoms with Gasteiger partial charge in [-0.2, -0.15) is 0 Å². The van der Waals surface area contributed by atoms with Gasteiger partial charge in [0, 0.05) is 13.0 Å². The van der Waals surface area contributed by atoms with Crippen LogP contribution >= 0.6 is 7.82 Å². The zero-order chi connectivity index (χ0) is 35.4. The van der Waals surface area contributed by atoms with Gasteiger partial charge in [0.25, 0.3) is 0 Å². The maximum Gasteiger partial charge on any atom is 0.472 e. The first-order chi connectivity index (χ1) is 23.4. The number of phosphoric ester groups is 1. The molecular formula is C39H81N2O6P. The molecule has 3 atom stereocenters. The van der Waals surface area contributed by atoms with Crippen LogP contribution in [0.1, 0.15) is 213 Å². The van der Waals surface area contributed by atoms with Gasteiger partial charge in [0.1, 0.15) is 0 Å². The van der Waals surface area contributed by atoms with Crippen molar-refractivity contribution in [2.45, 2.75) is 225 Å². The lowest BCUT2D eigenvalue weighted by Gasteiger charge is -2.25. The zero-order valence-electron chi connectivity index (χ0n) is 31.7. The Hall–Kier alpha value is -0.500. The number of hydrogen-bond donors (Lipinski definition) is 4. The van der Waals surface area contributed by atoms with E-state index in [1.165, 1.54) is 148 Å². The van der Waals surface area contributed by atoms with Crippen LogP contribution in [0.2, 0.25) is 0 Å². The molecule has 48 heavy (non-hydrogen) atoms. The number of hydrogen-bond acceptors (Lipinski definition) is 6. The predicted molar refractivity (Wildman–Crippen MR) is 203 cm³/mol. The Morgan fingerprint density at radius 2 is 0.958 bits per heavy atom. The number of rotatable bonds is 39. The van der Waals surface area contributed by atoms with Crippen LogP contribution in [0.4, 0.5) is 0 Å². The van der Waals surface area contributed by atoms with Gasteiger partial charge >= 0.3 is 7.82 Å². The fourth-order valence-electron chi connectivity index (χ4n) is 6.31. The quantitative estimate of drug-likeness (QED) is 0.0370. The predicted octanol–water partition coefficient (Wildman–Crippen LogP) is 11.1. The molecule has 1 amide bonds. The van der Waals surface area contributed by atoms with E-state index in [-0.39, 0.29) is 25.7 Å². The van der Waals surface area contributed by atoms with E-state index in [0.29, 0.717) is 12.8 Å². The van der Waals surface area contributed by atoms with Gasteiger partial charge in [-0.05, 0) is 12.8 Å². The van der Waals surface area contributed by atoms with E-state index in [1.54, 1.807) is 0 Å². The van der Waals surface area contributed by atoms with Crippen LogP contribution in [-0.4, -0.2) is 47.8 Å². The highest BCUT2D eigenvalue weighted by Crippen LogP contribution is 2.43. The summed E-state index contributed by atoms with van der Waals surface area (Å²) in [4.78, 5) is 22.6. The van der Waals surface area contributed by atoms with Gasteiger partial charge in [0.05, 0.1) is 25.4 Å². The van der Waals surface area contributed by atoms with Crippen LogP contribution in [0, 0.1) is 0 Å². The monoisotopic (exact) mass is 705 g/mol.